The molecule has 220 valence electrons. The molecule has 0 spiro atoms. The lowest BCUT2D eigenvalue weighted by Gasteiger charge is -2.32. The number of hydrogen-bond donors (Lipinski definition) is 3. The van der Waals surface area contributed by atoms with E-state index in [1.165, 1.54) is 11.0 Å². The number of fused-ring (bicyclic) bond motifs is 1. The lowest BCUT2D eigenvalue weighted by molar-refractivity contribution is -0.124. The van der Waals surface area contributed by atoms with E-state index in [4.69, 9.17) is 9.73 Å². The second-order valence-electron chi connectivity index (χ2n) is 10.2. The van der Waals surface area contributed by atoms with Crippen molar-refractivity contribution in [3.8, 4) is 6.07 Å². The van der Waals surface area contributed by atoms with E-state index >= 15 is 0 Å². The topological polar surface area (TPSA) is 139 Å². The number of para-hydroxylation sites is 2. The SMILES string of the molecule is CCC(C(=O)Nc1ccccc1)N1C(=O)C(NC(=O)Nc2cccc(C#N)c2)N=C(CN2CCOCC2)c2ccccc21. The molecule has 0 aliphatic carbocycles. The summed E-state index contributed by atoms with van der Waals surface area (Å²) in [6.07, 6.45) is -1.00. The molecule has 2 aliphatic heterocycles. The summed E-state index contributed by atoms with van der Waals surface area (Å²) in [6.45, 7) is 4.83. The number of carbonyl (C=O) groups is 3. The number of nitrogens with zero attached hydrogens (tertiary/aromatic N) is 4. The van der Waals surface area contributed by atoms with E-state index in [-0.39, 0.29) is 5.91 Å². The molecule has 43 heavy (non-hydrogen) atoms. The molecule has 11 nitrogen and oxygen atoms in total. The first kappa shape index (κ1) is 29.4. The zero-order valence-electron chi connectivity index (χ0n) is 23.8. The van der Waals surface area contributed by atoms with Gasteiger partial charge in [0.05, 0.1) is 36.2 Å². The van der Waals surface area contributed by atoms with Gasteiger partial charge in [0.25, 0.3) is 5.91 Å². The number of benzodiazepines with no additional fused rings is 1. The van der Waals surface area contributed by atoms with Gasteiger partial charge >= 0.3 is 6.03 Å². The molecule has 2 heterocycles. The number of anilines is 3. The Hall–Kier alpha value is -5.05. The van der Waals surface area contributed by atoms with Crippen molar-refractivity contribution in [3.63, 3.8) is 0 Å². The highest BCUT2D eigenvalue weighted by atomic mass is 16.5. The van der Waals surface area contributed by atoms with Gasteiger partial charge in [-0.05, 0) is 42.8 Å². The summed E-state index contributed by atoms with van der Waals surface area (Å²) < 4.78 is 5.51. The van der Waals surface area contributed by atoms with Crippen LogP contribution in [0.2, 0.25) is 0 Å². The van der Waals surface area contributed by atoms with Crippen molar-refractivity contribution in [1.82, 2.24) is 10.2 Å². The Kier molecular flexibility index (Phi) is 9.41. The minimum Gasteiger partial charge on any atom is -0.379 e. The molecule has 2 aliphatic rings. The van der Waals surface area contributed by atoms with Gasteiger partial charge in [-0.25, -0.2) is 4.79 Å². The largest absolute Gasteiger partial charge is 0.379 e. The number of aliphatic imine (C=N–C) groups is 1. The molecule has 5 rings (SSSR count). The maximum Gasteiger partial charge on any atom is 0.321 e. The van der Waals surface area contributed by atoms with Crippen LogP contribution in [0.5, 0.6) is 0 Å². The smallest absolute Gasteiger partial charge is 0.321 e. The van der Waals surface area contributed by atoms with Crippen molar-refractivity contribution in [2.45, 2.75) is 25.6 Å². The predicted molar refractivity (Wildman–Crippen MR) is 164 cm³/mol. The summed E-state index contributed by atoms with van der Waals surface area (Å²) in [5.74, 6) is -0.898. The highest BCUT2D eigenvalue weighted by molar-refractivity contribution is 6.16. The predicted octanol–water partition coefficient (Wildman–Crippen LogP) is 3.59. The molecule has 3 N–H and O–H groups in total. The maximum atomic E-state index is 14.3. The molecule has 1 saturated heterocycles. The third-order valence-corrected chi connectivity index (χ3v) is 7.27. The third-order valence-electron chi connectivity index (χ3n) is 7.27. The van der Waals surface area contributed by atoms with Crippen LogP contribution in [0.25, 0.3) is 0 Å². The first-order chi connectivity index (χ1) is 21.0. The second kappa shape index (κ2) is 13.7. The van der Waals surface area contributed by atoms with Crippen molar-refractivity contribution in [2.75, 3.05) is 48.4 Å². The van der Waals surface area contributed by atoms with E-state index in [1.807, 2.05) is 49.4 Å². The van der Waals surface area contributed by atoms with E-state index in [0.29, 0.717) is 73.2 Å². The molecule has 3 aromatic rings. The number of hydrogen-bond acceptors (Lipinski definition) is 7. The number of carbonyl (C=O) groups excluding carboxylic acids is 3. The molecule has 1 fully saturated rings. The van der Waals surface area contributed by atoms with Crippen LogP contribution in [-0.2, 0) is 14.3 Å². The van der Waals surface area contributed by atoms with Crippen molar-refractivity contribution in [2.24, 2.45) is 4.99 Å². The molecule has 0 radical (unpaired) electrons. The third kappa shape index (κ3) is 7.06. The number of benzene rings is 3. The van der Waals surface area contributed by atoms with Crippen molar-refractivity contribution in [1.29, 1.82) is 5.26 Å². The van der Waals surface area contributed by atoms with Gasteiger partial charge in [-0.3, -0.25) is 24.4 Å². The summed E-state index contributed by atoms with van der Waals surface area (Å²) in [6, 6.07) is 23.4. The van der Waals surface area contributed by atoms with Crippen LogP contribution in [0.1, 0.15) is 24.5 Å². The van der Waals surface area contributed by atoms with Crippen LogP contribution < -0.4 is 20.9 Å². The molecular formula is C32H33N7O4. The summed E-state index contributed by atoms with van der Waals surface area (Å²) in [5.41, 5.74) is 3.25. The zero-order chi connectivity index (χ0) is 30.2. The number of urea groups is 1. The average molecular weight is 580 g/mol. The molecule has 3 aromatic carbocycles. The van der Waals surface area contributed by atoms with E-state index in [1.54, 1.807) is 36.4 Å². The van der Waals surface area contributed by atoms with Gasteiger partial charge in [0.2, 0.25) is 12.1 Å². The normalized spacial score (nSPS) is 17.5. The summed E-state index contributed by atoms with van der Waals surface area (Å²) in [5, 5.41) is 17.5. The minimum atomic E-state index is -1.32. The van der Waals surface area contributed by atoms with Crippen LogP contribution in [0, 0.1) is 11.3 Å². The summed E-state index contributed by atoms with van der Waals surface area (Å²) in [7, 11) is 0. The minimum absolute atomic E-state index is 0.317. The van der Waals surface area contributed by atoms with E-state index in [0.717, 1.165) is 0 Å². The number of nitrogens with one attached hydrogen (secondary N) is 3. The Balaban J connectivity index is 1.50. The Labute approximate surface area is 250 Å². The van der Waals surface area contributed by atoms with Crippen LogP contribution in [0.4, 0.5) is 21.9 Å². The Morgan fingerprint density at radius 3 is 2.47 bits per heavy atom. The standard InChI is InChI=1S/C32H33N7O4/c1-2-27(30(40)34-23-10-4-3-5-11-23)39-28-14-7-6-13-25(28)26(21-38-15-17-43-18-16-38)36-29(31(39)41)37-32(42)35-24-12-8-9-22(19-24)20-33/h3-14,19,27,29H,2,15-18,21H2,1H3,(H,34,40)(H2,35,37,42). The van der Waals surface area contributed by atoms with Crippen molar-refractivity contribution < 1.29 is 19.1 Å². The molecule has 0 aromatic heterocycles. The fourth-order valence-corrected chi connectivity index (χ4v) is 5.16. The molecule has 0 saturated carbocycles. The van der Waals surface area contributed by atoms with Crippen molar-refractivity contribution >= 4 is 40.6 Å². The van der Waals surface area contributed by atoms with Gasteiger partial charge in [-0.15, -0.1) is 0 Å². The van der Waals surface area contributed by atoms with E-state index < -0.39 is 24.1 Å². The maximum absolute atomic E-state index is 14.3. The van der Waals surface area contributed by atoms with Crippen LogP contribution in [-0.4, -0.2) is 73.5 Å². The zero-order valence-corrected chi connectivity index (χ0v) is 23.8. The van der Waals surface area contributed by atoms with Crippen molar-refractivity contribution in [3.05, 3.63) is 90.0 Å². The number of rotatable bonds is 8. The quantitative estimate of drug-likeness (QED) is 0.373. The molecule has 4 amide bonds. The van der Waals surface area contributed by atoms with E-state index in [2.05, 4.69) is 20.9 Å². The first-order valence-corrected chi connectivity index (χ1v) is 14.2. The monoisotopic (exact) mass is 579 g/mol. The fourth-order valence-electron chi connectivity index (χ4n) is 5.16. The molecular weight excluding hydrogens is 546 g/mol. The highest BCUT2D eigenvalue weighted by Crippen LogP contribution is 2.29. The number of ether oxygens (including phenoxy) is 1. The number of morpholine rings is 1. The van der Waals surface area contributed by atoms with Crippen LogP contribution in [0.15, 0.2) is 83.9 Å². The molecule has 2 unspecified atom stereocenters. The first-order valence-electron chi connectivity index (χ1n) is 14.2. The number of amides is 4. The summed E-state index contributed by atoms with van der Waals surface area (Å²) >= 11 is 0. The van der Waals surface area contributed by atoms with Gasteiger partial charge in [0, 0.05) is 36.6 Å². The Bertz CT molecular complexity index is 1550. The highest BCUT2D eigenvalue weighted by Gasteiger charge is 2.39. The van der Waals surface area contributed by atoms with Gasteiger partial charge < -0.3 is 20.7 Å². The van der Waals surface area contributed by atoms with Crippen LogP contribution in [0.3, 0.4) is 0 Å². The second-order valence-corrected chi connectivity index (χ2v) is 10.2. The van der Waals surface area contributed by atoms with E-state index in [9.17, 15) is 19.6 Å². The van der Waals surface area contributed by atoms with Gasteiger partial charge in [-0.2, -0.15) is 5.26 Å². The van der Waals surface area contributed by atoms with Gasteiger partial charge in [0.15, 0.2) is 0 Å². The Morgan fingerprint density at radius 2 is 1.72 bits per heavy atom. The molecule has 11 heteroatoms. The lowest BCUT2D eigenvalue weighted by Crippen LogP contribution is -2.54. The van der Waals surface area contributed by atoms with Gasteiger partial charge in [-0.1, -0.05) is 49.4 Å². The molecule has 0 bridgehead atoms. The van der Waals surface area contributed by atoms with Gasteiger partial charge in [0.1, 0.15) is 6.04 Å². The Morgan fingerprint density at radius 1 is 1.00 bits per heavy atom. The number of nitriles is 1. The fraction of sp³-hybridized carbons (Fsp3) is 0.281. The lowest BCUT2D eigenvalue weighted by atomic mass is 10.0. The summed E-state index contributed by atoms with van der Waals surface area (Å²) in [4.78, 5) is 49.6. The molecule has 2 atom stereocenters. The van der Waals surface area contributed by atoms with Crippen LogP contribution >= 0.6 is 0 Å². The average Bonchev–Trinajstić information content (AvgIpc) is 3.13.